The minimum Gasteiger partial charge on any atom is -0.345 e. The summed E-state index contributed by atoms with van der Waals surface area (Å²) in [5.41, 5.74) is 9.20. The van der Waals surface area contributed by atoms with Crippen LogP contribution in [0.25, 0.3) is 33.1 Å². The normalized spacial score (nSPS) is 25.3. The number of aryl methyl sites for hydroxylation is 1. The Morgan fingerprint density at radius 2 is 1.91 bits per heavy atom. The number of H-pyrrole nitrogens is 1. The van der Waals surface area contributed by atoms with Gasteiger partial charge in [-0.15, -0.1) is 0 Å². The Balaban J connectivity index is 1.50. The van der Waals surface area contributed by atoms with E-state index in [0.29, 0.717) is 34.1 Å². The number of benzene rings is 1. The summed E-state index contributed by atoms with van der Waals surface area (Å²) in [6, 6.07) is 4.48. The number of anilines is 1. The molecule has 2 aliphatic heterocycles. The number of aromatic nitrogens is 5. The van der Waals surface area contributed by atoms with Gasteiger partial charge in [0.1, 0.15) is 5.65 Å². The van der Waals surface area contributed by atoms with Gasteiger partial charge >= 0.3 is 0 Å². The van der Waals surface area contributed by atoms with E-state index in [1.807, 2.05) is 38.6 Å². The number of aromatic amines is 1. The lowest BCUT2D eigenvalue weighted by molar-refractivity contribution is 0.302. The standard InChI is InChI=1S/C23H26ClN7O/c1-23(25)8-12-4-5-13(9-23)31(12)22-27-20-18(21(32)30(22)3)15(10-26-20)14-6-7-17-16(19(14)24)11-29(2)28-17/h6-7,10-13,26H,4-5,8-9,25H2,1-3H3. The van der Waals surface area contributed by atoms with E-state index in [2.05, 4.69) is 21.9 Å². The first-order valence-electron chi connectivity index (χ1n) is 11.0. The molecule has 0 amide bonds. The van der Waals surface area contributed by atoms with E-state index < -0.39 is 0 Å². The molecule has 2 bridgehead atoms. The largest absolute Gasteiger partial charge is 0.345 e. The molecule has 5 heterocycles. The first-order valence-corrected chi connectivity index (χ1v) is 11.4. The minimum atomic E-state index is -0.160. The Hall–Kier alpha value is -2.84. The summed E-state index contributed by atoms with van der Waals surface area (Å²) in [6.07, 6.45) is 7.71. The number of piperidine rings is 1. The van der Waals surface area contributed by atoms with Crippen LogP contribution in [0, 0.1) is 0 Å². The first kappa shape index (κ1) is 19.8. The summed E-state index contributed by atoms with van der Waals surface area (Å²) in [6.45, 7) is 2.13. The number of hydrogen-bond donors (Lipinski definition) is 2. The molecule has 6 rings (SSSR count). The maximum atomic E-state index is 13.6. The van der Waals surface area contributed by atoms with E-state index in [4.69, 9.17) is 22.3 Å². The topological polar surface area (TPSA) is 97.8 Å². The number of hydrogen-bond acceptors (Lipinski definition) is 5. The molecule has 2 unspecified atom stereocenters. The smallest absolute Gasteiger partial charge is 0.264 e. The number of halogens is 1. The maximum absolute atomic E-state index is 13.6. The van der Waals surface area contributed by atoms with Crippen LogP contribution < -0.4 is 16.2 Å². The molecule has 0 radical (unpaired) electrons. The molecule has 2 atom stereocenters. The lowest BCUT2D eigenvalue weighted by Crippen LogP contribution is -2.55. The van der Waals surface area contributed by atoms with E-state index in [1.165, 1.54) is 0 Å². The fourth-order valence-electron chi connectivity index (χ4n) is 5.83. The average Bonchev–Trinajstić information content (AvgIpc) is 3.39. The van der Waals surface area contributed by atoms with Gasteiger partial charge in [-0.25, -0.2) is 0 Å². The third-order valence-electron chi connectivity index (χ3n) is 7.17. The van der Waals surface area contributed by atoms with Crippen LogP contribution in [0.1, 0.15) is 32.6 Å². The van der Waals surface area contributed by atoms with E-state index in [9.17, 15) is 4.79 Å². The van der Waals surface area contributed by atoms with Crippen molar-refractivity contribution in [1.82, 2.24) is 24.3 Å². The van der Waals surface area contributed by atoms with Crippen LogP contribution >= 0.6 is 11.6 Å². The molecule has 0 aliphatic carbocycles. The zero-order chi connectivity index (χ0) is 22.4. The Morgan fingerprint density at radius 1 is 1.19 bits per heavy atom. The highest BCUT2D eigenvalue weighted by Crippen LogP contribution is 2.42. The van der Waals surface area contributed by atoms with Crippen LogP contribution in [0.15, 0.2) is 29.3 Å². The van der Waals surface area contributed by atoms with Crippen molar-refractivity contribution in [2.24, 2.45) is 19.8 Å². The summed E-state index contributed by atoms with van der Waals surface area (Å²) in [5.74, 6) is 0.715. The molecule has 2 fully saturated rings. The Kier molecular flexibility index (Phi) is 4.08. The van der Waals surface area contributed by atoms with Gasteiger partial charge in [0.05, 0.1) is 15.9 Å². The fraction of sp³-hybridized carbons (Fsp3) is 0.435. The number of nitrogens with one attached hydrogen (secondary N) is 1. The maximum Gasteiger partial charge on any atom is 0.264 e. The predicted octanol–water partition coefficient (Wildman–Crippen LogP) is 3.32. The Morgan fingerprint density at radius 3 is 2.62 bits per heavy atom. The third-order valence-corrected chi connectivity index (χ3v) is 7.58. The second-order valence-electron chi connectivity index (χ2n) is 9.72. The van der Waals surface area contributed by atoms with E-state index in [0.717, 1.165) is 47.7 Å². The summed E-state index contributed by atoms with van der Waals surface area (Å²) >= 11 is 6.75. The van der Waals surface area contributed by atoms with Crippen molar-refractivity contribution in [3.8, 4) is 11.1 Å². The summed E-state index contributed by atoms with van der Waals surface area (Å²) in [5, 5.41) is 6.41. The van der Waals surface area contributed by atoms with Crippen LogP contribution in [0.5, 0.6) is 0 Å². The second-order valence-corrected chi connectivity index (χ2v) is 10.1. The van der Waals surface area contributed by atoms with Crippen molar-refractivity contribution in [3.05, 3.63) is 39.9 Å². The van der Waals surface area contributed by atoms with Crippen molar-refractivity contribution in [1.29, 1.82) is 0 Å². The van der Waals surface area contributed by atoms with Crippen LogP contribution in [-0.2, 0) is 14.1 Å². The summed E-state index contributed by atoms with van der Waals surface area (Å²) in [7, 11) is 3.67. The van der Waals surface area contributed by atoms with Crippen molar-refractivity contribution in [2.75, 3.05) is 4.90 Å². The molecule has 0 spiro atoms. The van der Waals surface area contributed by atoms with Gasteiger partial charge in [-0.3, -0.25) is 14.0 Å². The van der Waals surface area contributed by atoms with Crippen LogP contribution in [0.2, 0.25) is 5.02 Å². The number of rotatable bonds is 2. The highest BCUT2D eigenvalue weighted by molar-refractivity contribution is 6.38. The quantitative estimate of drug-likeness (QED) is 0.487. The molecule has 1 aromatic carbocycles. The second kappa shape index (κ2) is 6.59. The molecule has 2 aliphatic rings. The van der Waals surface area contributed by atoms with Gasteiger partial charge in [-0.1, -0.05) is 17.7 Å². The molecule has 2 saturated heterocycles. The zero-order valence-electron chi connectivity index (χ0n) is 18.4. The van der Waals surface area contributed by atoms with Crippen LogP contribution in [0.4, 0.5) is 5.95 Å². The number of fused-ring (bicyclic) bond motifs is 4. The van der Waals surface area contributed by atoms with Gasteiger partial charge in [0.25, 0.3) is 5.56 Å². The van der Waals surface area contributed by atoms with Crippen molar-refractivity contribution in [3.63, 3.8) is 0 Å². The molecule has 32 heavy (non-hydrogen) atoms. The molecular weight excluding hydrogens is 426 g/mol. The van der Waals surface area contributed by atoms with Gasteiger partial charge < -0.3 is 15.6 Å². The molecule has 3 N–H and O–H groups in total. The molecule has 166 valence electrons. The van der Waals surface area contributed by atoms with Crippen LogP contribution in [0.3, 0.4) is 0 Å². The lowest BCUT2D eigenvalue weighted by atomic mass is 9.86. The summed E-state index contributed by atoms with van der Waals surface area (Å²) in [4.78, 5) is 24.1. The summed E-state index contributed by atoms with van der Waals surface area (Å²) < 4.78 is 3.42. The van der Waals surface area contributed by atoms with E-state index in [1.54, 1.807) is 9.25 Å². The number of nitrogens with two attached hydrogens (primary N) is 1. The van der Waals surface area contributed by atoms with Crippen molar-refractivity contribution in [2.45, 2.75) is 50.2 Å². The van der Waals surface area contributed by atoms with Crippen molar-refractivity contribution >= 4 is 39.5 Å². The average molecular weight is 452 g/mol. The number of nitrogens with zero attached hydrogens (tertiary/aromatic N) is 5. The fourth-order valence-corrected chi connectivity index (χ4v) is 6.14. The molecular formula is C23H26ClN7O. The molecule has 4 aromatic rings. The van der Waals surface area contributed by atoms with Crippen LogP contribution in [-0.4, -0.2) is 41.9 Å². The van der Waals surface area contributed by atoms with Gasteiger partial charge in [-0.05, 0) is 38.7 Å². The first-order chi connectivity index (χ1) is 15.2. The third kappa shape index (κ3) is 2.75. The molecule has 0 saturated carbocycles. The van der Waals surface area contributed by atoms with Gasteiger partial charge in [0.15, 0.2) is 0 Å². The SMILES string of the molecule is Cn1cc2c(Cl)c(-c3c[nH]c4nc(N5C6CCC5CC(C)(N)C6)n(C)c(=O)c34)ccc2n1. The molecule has 8 nitrogen and oxygen atoms in total. The molecule has 3 aromatic heterocycles. The zero-order valence-corrected chi connectivity index (χ0v) is 19.1. The van der Waals surface area contributed by atoms with Gasteiger partial charge in [0.2, 0.25) is 5.95 Å². The van der Waals surface area contributed by atoms with Gasteiger partial charge in [-0.2, -0.15) is 10.1 Å². The highest BCUT2D eigenvalue weighted by Gasteiger charge is 2.46. The monoisotopic (exact) mass is 451 g/mol. The minimum absolute atomic E-state index is 0.0796. The Bertz CT molecular complexity index is 1430. The lowest BCUT2D eigenvalue weighted by Gasteiger charge is -2.43. The van der Waals surface area contributed by atoms with Gasteiger partial charge in [0, 0.05) is 60.6 Å². The Labute approximate surface area is 190 Å². The van der Waals surface area contributed by atoms with E-state index >= 15 is 0 Å². The predicted molar refractivity (Wildman–Crippen MR) is 127 cm³/mol. The highest BCUT2D eigenvalue weighted by atomic mass is 35.5. The van der Waals surface area contributed by atoms with E-state index in [-0.39, 0.29) is 11.1 Å². The van der Waals surface area contributed by atoms with Crippen molar-refractivity contribution < 1.29 is 0 Å². The molecule has 9 heteroatoms.